The number of rotatable bonds is 14. The third-order valence-electron chi connectivity index (χ3n) is 13.7. The number of aryl methyl sites for hydroxylation is 1. The van der Waals surface area contributed by atoms with Crippen molar-refractivity contribution in [3.05, 3.63) is 160 Å². The van der Waals surface area contributed by atoms with Gasteiger partial charge in [0.1, 0.15) is 29.4 Å². The fraction of sp³-hybridized carbons (Fsp3) is 0.435. The molecule has 20 heteroatoms. The number of benzene rings is 3. The maximum absolute atomic E-state index is 12.7. The number of Topliss-reactive ketones (excluding diaryl/α,β-unsaturated/α-hetero) is 1. The molecule has 6 heterocycles. The first-order valence-electron chi connectivity index (χ1n) is 27.3. The molecule has 440 valence electrons. The van der Waals surface area contributed by atoms with Crippen LogP contribution in [0.15, 0.2) is 90.7 Å². The van der Waals surface area contributed by atoms with Crippen molar-refractivity contribution in [1.82, 2.24) is 31.2 Å². The van der Waals surface area contributed by atoms with Crippen LogP contribution in [0.5, 0.6) is 0 Å². The predicted molar refractivity (Wildman–Crippen MR) is 297 cm³/mol. The summed E-state index contributed by atoms with van der Waals surface area (Å²) in [5.74, 6) is -1.21. The molecule has 2 aromatic heterocycles. The van der Waals surface area contributed by atoms with Crippen LogP contribution in [0.25, 0.3) is 5.57 Å². The van der Waals surface area contributed by atoms with Crippen LogP contribution in [-0.2, 0) is 107 Å². The quantitative estimate of drug-likeness (QED) is 0.0703. The van der Waals surface area contributed by atoms with E-state index in [2.05, 4.69) is 98.2 Å². The van der Waals surface area contributed by atoms with E-state index in [9.17, 15) is 34.2 Å². The van der Waals surface area contributed by atoms with Gasteiger partial charge in [0.15, 0.2) is 5.78 Å². The molecule has 4 N–H and O–H groups in total. The molecule has 2 atom stereocenters. The van der Waals surface area contributed by atoms with Crippen molar-refractivity contribution in [3.63, 3.8) is 0 Å². The number of ketones is 1. The number of aromatic nitrogens is 2. The van der Waals surface area contributed by atoms with Crippen LogP contribution in [-0.4, -0.2) is 98.0 Å². The minimum Gasteiger partial charge on any atom is -0.888 e. The molecule has 4 aliphatic heterocycles. The number of hydrogen-bond acceptors (Lipinski definition) is 12. The van der Waals surface area contributed by atoms with Gasteiger partial charge in [-0.25, -0.2) is 33.4 Å². The SMILES string of the molecule is CCCN(CCC)c1c[c-]c(C)[c-]c1.CCCN(CCOCC(C)=O)c1c[c-]c(C2=C([O-])C(C)C2[O-])[c-]c1.O=C1NCc2ccc(cc2)CNC(=O)c2cccc(n2)C(=O)NCC2CCC(CC2)CNC(=O)c2cccc1n2.[W].[W].[W].[W]. The Balaban J connectivity index is 0.000000466. The van der Waals surface area contributed by atoms with Crippen molar-refractivity contribution < 1.29 is 123 Å². The summed E-state index contributed by atoms with van der Waals surface area (Å²) >= 11 is 0. The van der Waals surface area contributed by atoms with Crippen LogP contribution < -0.4 is 41.3 Å². The summed E-state index contributed by atoms with van der Waals surface area (Å²) in [6.07, 6.45) is 6.11. The number of hydrogen-bond donors (Lipinski definition) is 4. The van der Waals surface area contributed by atoms with E-state index >= 15 is 0 Å². The molecule has 4 amide bonds. The number of nitrogens with zero attached hydrogens (tertiary/aromatic N) is 4. The Morgan fingerprint density at radius 2 is 0.988 bits per heavy atom. The minimum absolute atomic E-state index is 0. The van der Waals surface area contributed by atoms with Gasteiger partial charge in [-0.2, -0.15) is 11.8 Å². The molecule has 1 saturated carbocycles. The normalized spacial score (nSPS) is 17.7. The second-order valence-electron chi connectivity index (χ2n) is 20.0. The summed E-state index contributed by atoms with van der Waals surface area (Å²) in [5, 5.41) is 35.2. The van der Waals surface area contributed by atoms with Crippen LogP contribution in [0.1, 0.15) is 144 Å². The molecule has 2 aliphatic carbocycles. The van der Waals surface area contributed by atoms with E-state index in [1.165, 1.54) is 25.5 Å². The maximum atomic E-state index is 12.7. The van der Waals surface area contributed by atoms with Crippen molar-refractivity contribution in [2.75, 3.05) is 62.3 Å². The number of ether oxygens (including phenoxy) is 1. The van der Waals surface area contributed by atoms with Crippen molar-refractivity contribution in [2.45, 2.75) is 106 Å². The van der Waals surface area contributed by atoms with Gasteiger partial charge in [-0.3, -0.25) is 59.4 Å². The average molecular weight is 1790 g/mol. The van der Waals surface area contributed by atoms with E-state index in [4.69, 9.17) is 4.74 Å². The Kier molecular flexibility index (Phi) is 34.3. The van der Waals surface area contributed by atoms with E-state index in [0.29, 0.717) is 49.2 Å². The van der Waals surface area contributed by atoms with Crippen LogP contribution in [0.2, 0.25) is 0 Å². The second-order valence-corrected chi connectivity index (χ2v) is 20.0. The molecule has 1 fully saturated rings. The van der Waals surface area contributed by atoms with Crippen molar-refractivity contribution in [2.24, 2.45) is 17.8 Å². The zero-order valence-corrected chi connectivity index (χ0v) is 59.3. The molecule has 16 nitrogen and oxygen atoms in total. The largest absolute Gasteiger partial charge is 0.888 e. The van der Waals surface area contributed by atoms with E-state index in [-0.39, 0.29) is 162 Å². The molecule has 0 saturated heterocycles. The number of pyridine rings is 2. The molecular formula is C62H74N8O8W4-6. The molecule has 11 rings (SSSR count). The van der Waals surface area contributed by atoms with Gasteiger partial charge in [0.05, 0.1) is 6.61 Å². The summed E-state index contributed by atoms with van der Waals surface area (Å²) in [4.78, 5) is 74.8. The van der Waals surface area contributed by atoms with Gasteiger partial charge in [-0.1, -0.05) is 76.9 Å². The molecule has 82 heavy (non-hydrogen) atoms. The summed E-state index contributed by atoms with van der Waals surface area (Å²) in [6, 6.07) is 37.2. The Hall–Kier alpha value is -4.68. The van der Waals surface area contributed by atoms with Crippen molar-refractivity contribution in [1.29, 1.82) is 0 Å². The summed E-state index contributed by atoms with van der Waals surface area (Å²) in [5.41, 5.74) is 6.51. The molecule has 2 unspecified atom stereocenters. The van der Waals surface area contributed by atoms with Gasteiger partial charge >= 0.3 is 0 Å². The van der Waals surface area contributed by atoms with Crippen LogP contribution >= 0.6 is 0 Å². The number of carbonyl (C=O) groups excluding carboxylic acids is 5. The summed E-state index contributed by atoms with van der Waals surface area (Å²) in [6.45, 7) is 17.6. The topological polar surface area (TPSA) is 221 Å². The molecule has 5 aromatic rings. The van der Waals surface area contributed by atoms with Crippen molar-refractivity contribution >= 4 is 46.4 Å². The zero-order chi connectivity index (χ0) is 56.0. The summed E-state index contributed by atoms with van der Waals surface area (Å²) < 4.78 is 5.32. The number of anilines is 2. The number of nitrogens with one attached hydrogen (secondary N) is 4. The second kappa shape index (κ2) is 38.3. The van der Waals surface area contributed by atoms with Gasteiger partial charge in [0, 0.05) is 124 Å². The third kappa shape index (κ3) is 22.7. The van der Waals surface area contributed by atoms with Gasteiger partial charge in [0.2, 0.25) is 0 Å². The molecule has 3 aromatic carbocycles. The average Bonchev–Trinajstić information content (AvgIpc) is 3.66. The molecule has 0 radical (unpaired) electrons. The van der Waals surface area contributed by atoms with E-state index in [0.717, 1.165) is 74.1 Å². The Bertz CT molecular complexity index is 2690. The molecule has 0 spiro atoms. The Morgan fingerprint density at radius 3 is 1.37 bits per heavy atom. The monoisotopic (exact) mass is 1790 g/mol. The van der Waals surface area contributed by atoms with Crippen LogP contribution in [0, 0.1) is 48.9 Å². The van der Waals surface area contributed by atoms with E-state index < -0.39 is 12.0 Å². The number of carbonyl (C=O) groups is 5. The van der Waals surface area contributed by atoms with Gasteiger partial charge in [-0.15, -0.1) is 5.69 Å². The fourth-order valence-electron chi connectivity index (χ4n) is 9.22. The van der Waals surface area contributed by atoms with Gasteiger partial charge in [-0.05, 0) is 112 Å². The smallest absolute Gasteiger partial charge is 0.270 e. The molecule has 8 bridgehead atoms. The third-order valence-corrected chi connectivity index (χ3v) is 13.7. The standard InChI is InChI=1S/C30H32N6O4.C19H24NO4.C13H19N.4W/c37-27-23-3-1-4-24(35-23)28(38)32-16-20-9-13-22(14-10-20)18-34-30(40)26-6-2-5-25(36-26)29(39)33-17-21-11-7-19(8-12-21)15-31-27;1-4-9-20(10-11-24-12-13(2)21)16-7-5-15(6-8-16)17-18(22)14(3)19(17)23;1-4-10-14(11-5-2)13-8-6-12(3)7-9-13;;;;/h1-8,11-12,20,22H,9-10,13-18H2,(H,31,37)(H,32,38)(H,33,39)(H,34,40);7-8,14,18,23H,4,9-12H2,1-3H3;8-9H,4-5,10-11H2,1-3H3;;;;/q;-3;-2;;;;/p-1. The van der Waals surface area contributed by atoms with E-state index in [1.807, 2.05) is 31.2 Å². The first-order valence-corrected chi connectivity index (χ1v) is 27.3. The number of amides is 4. The Morgan fingerprint density at radius 1 is 0.610 bits per heavy atom. The minimum atomic E-state index is -0.970. The first-order chi connectivity index (χ1) is 37.7. The predicted octanol–water partition coefficient (Wildman–Crippen LogP) is 6.39. The first kappa shape index (κ1) is 73.4. The zero-order valence-electron chi connectivity index (χ0n) is 47.6. The van der Waals surface area contributed by atoms with Crippen LogP contribution in [0.4, 0.5) is 11.4 Å². The van der Waals surface area contributed by atoms with Crippen molar-refractivity contribution in [3.8, 4) is 0 Å². The molecular weight excluding hydrogens is 1720 g/mol. The van der Waals surface area contributed by atoms with E-state index in [1.54, 1.807) is 55.5 Å². The fourth-order valence-corrected chi connectivity index (χ4v) is 9.22. The summed E-state index contributed by atoms with van der Waals surface area (Å²) in [7, 11) is 0. The van der Waals surface area contributed by atoms with Crippen LogP contribution in [0.3, 0.4) is 0 Å². The Labute approximate surface area is 542 Å². The maximum Gasteiger partial charge on any atom is 0.270 e. The van der Waals surface area contributed by atoms with Gasteiger partial charge < -0.3 is 58.1 Å². The molecule has 6 aliphatic rings. The van der Waals surface area contributed by atoms with Gasteiger partial charge in [0.25, 0.3) is 23.6 Å².